The highest BCUT2D eigenvalue weighted by molar-refractivity contribution is 5.36. The van der Waals surface area contributed by atoms with E-state index in [0.29, 0.717) is 11.7 Å². The van der Waals surface area contributed by atoms with Crippen LogP contribution in [-0.4, -0.2) is 5.11 Å². The lowest BCUT2D eigenvalue weighted by atomic mass is 9.96. The van der Waals surface area contributed by atoms with Crippen LogP contribution in [0.5, 0.6) is 5.75 Å². The molecule has 1 nitrogen and oxygen atoms in total. The van der Waals surface area contributed by atoms with Crippen molar-refractivity contribution in [2.45, 2.75) is 33.1 Å². The lowest BCUT2D eigenvalue weighted by Gasteiger charge is -2.09. The number of aryl methyl sites for hydroxylation is 1. The van der Waals surface area contributed by atoms with Crippen molar-refractivity contribution in [2.75, 3.05) is 0 Å². The average Bonchev–Trinajstić information content (AvgIpc) is 2.18. The number of hydrogen-bond donors (Lipinski definition) is 1. The van der Waals surface area contributed by atoms with E-state index < -0.39 is 0 Å². The van der Waals surface area contributed by atoms with Crippen LogP contribution >= 0.6 is 0 Å². The van der Waals surface area contributed by atoms with Gasteiger partial charge in [0, 0.05) is 6.42 Å². The molecule has 0 heterocycles. The van der Waals surface area contributed by atoms with Gasteiger partial charge < -0.3 is 5.11 Å². The van der Waals surface area contributed by atoms with Crippen molar-refractivity contribution in [3.05, 3.63) is 29.3 Å². The third kappa shape index (κ3) is 2.53. The van der Waals surface area contributed by atoms with Crippen LogP contribution in [0.25, 0.3) is 0 Å². The molecule has 1 aromatic carbocycles. The topological polar surface area (TPSA) is 20.2 Å². The highest BCUT2D eigenvalue weighted by atomic mass is 16.3. The van der Waals surface area contributed by atoms with E-state index in [2.05, 4.69) is 18.8 Å². The van der Waals surface area contributed by atoms with E-state index in [1.165, 1.54) is 5.56 Å². The zero-order chi connectivity index (χ0) is 10.6. The van der Waals surface area contributed by atoms with Crippen LogP contribution in [-0.2, 0) is 0 Å². The van der Waals surface area contributed by atoms with Crippen LogP contribution in [0, 0.1) is 18.8 Å². The first kappa shape index (κ1) is 10.7. The average molecular weight is 188 g/mol. The van der Waals surface area contributed by atoms with E-state index in [1.54, 1.807) is 6.07 Å². The summed E-state index contributed by atoms with van der Waals surface area (Å²) >= 11 is 0. The van der Waals surface area contributed by atoms with Crippen LogP contribution in [0.15, 0.2) is 18.2 Å². The molecule has 1 unspecified atom stereocenters. The summed E-state index contributed by atoms with van der Waals surface area (Å²) in [5.74, 6) is 6.76. The van der Waals surface area contributed by atoms with Crippen LogP contribution < -0.4 is 0 Å². The van der Waals surface area contributed by atoms with E-state index >= 15 is 0 Å². The van der Waals surface area contributed by atoms with Gasteiger partial charge in [0.2, 0.25) is 0 Å². The van der Waals surface area contributed by atoms with Crippen molar-refractivity contribution in [1.29, 1.82) is 0 Å². The fraction of sp³-hybridized carbons (Fsp3) is 0.385. The molecular weight excluding hydrogens is 172 g/mol. The quantitative estimate of drug-likeness (QED) is 0.706. The highest BCUT2D eigenvalue weighted by Crippen LogP contribution is 2.24. The molecule has 0 amide bonds. The number of phenolic OH excluding ortho intramolecular Hbond substituents is 1. The summed E-state index contributed by atoms with van der Waals surface area (Å²) in [5, 5.41) is 9.37. The van der Waals surface area contributed by atoms with Crippen molar-refractivity contribution >= 4 is 0 Å². The van der Waals surface area contributed by atoms with Gasteiger partial charge in [0.25, 0.3) is 0 Å². The first-order chi connectivity index (χ1) is 6.65. The normalized spacial score (nSPS) is 11.6. The molecule has 1 heteroatoms. The minimum Gasteiger partial charge on any atom is -0.508 e. The number of benzene rings is 1. The van der Waals surface area contributed by atoms with Gasteiger partial charge in [-0.05, 0) is 37.0 Å². The minimum atomic E-state index is 0.363. The first-order valence-electron chi connectivity index (χ1n) is 4.84. The summed E-state index contributed by atoms with van der Waals surface area (Å²) in [6, 6.07) is 5.74. The Kier molecular flexibility index (Phi) is 3.59. The molecule has 1 rings (SSSR count). The summed E-state index contributed by atoms with van der Waals surface area (Å²) in [7, 11) is 0. The second-order valence-corrected chi connectivity index (χ2v) is 3.58. The maximum atomic E-state index is 9.37. The maximum Gasteiger partial charge on any atom is 0.118 e. The second kappa shape index (κ2) is 4.72. The summed E-state index contributed by atoms with van der Waals surface area (Å²) in [6.45, 7) is 5.92. The maximum absolute atomic E-state index is 9.37. The van der Waals surface area contributed by atoms with E-state index in [-0.39, 0.29) is 0 Å². The number of phenols is 1. The van der Waals surface area contributed by atoms with E-state index in [0.717, 1.165) is 12.0 Å². The SMILES string of the molecule is CC#CCC(C)c1ccc(O)c(C)c1. The predicted molar refractivity (Wildman–Crippen MR) is 59.3 cm³/mol. The molecular formula is C13H16O. The van der Waals surface area contributed by atoms with Gasteiger partial charge in [-0.15, -0.1) is 11.8 Å². The summed E-state index contributed by atoms with van der Waals surface area (Å²) < 4.78 is 0. The zero-order valence-corrected chi connectivity index (χ0v) is 8.96. The van der Waals surface area contributed by atoms with Crippen LogP contribution in [0.3, 0.4) is 0 Å². The molecule has 0 spiro atoms. The lowest BCUT2D eigenvalue weighted by Crippen LogP contribution is -1.92. The molecule has 1 atom stereocenters. The van der Waals surface area contributed by atoms with Gasteiger partial charge in [-0.3, -0.25) is 0 Å². The van der Waals surface area contributed by atoms with Crippen molar-refractivity contribution < 1.29 is 5.11 Å². The molecule has 1 N–H and O–H groups in total. The Bertz CT molecular complexity index is 369. The molecule has 0 aromatic heterocycles. The smallest absolute Gasteiger partial charge is 0.118 e. The zero-order valence-electron chi connectivity index (χ0n) is 8.96. The Labute approximate surface area is 85.8 Å². The lowest BCUT2D eigenvalue weighted by molar-refractivity contribution is 0.470. The monoisotopic (exact) mass is 188 g/mol. The molecule has 0 saturated heterocycles. The third-order valence-corrected chi connectivity index (χ3v) is 2.37. The molecule has 74 valence electrons. The molecule has 1 aromatic rings. The van der Waals surface area contributed by atoms with Crippen molar-refractivity contribution in [1.82, 2.24) is 0 Å². The number of rotatable bonds is 2. The molecule has 0 radical (unpaired) electrons. The summed E-state index contributed by atoms with van der Waals surface area (Å²) in [4.78, 5) is 0. The van der Waals surface area contributed by atoms with Crippen molar-refractivity contribution in [2.24, 2.45) is 0 Å². The predicted octanol–water partition coefficient (Wildman–Crippen LogP) is 3.22. The van der Waals surface area contributed by atoms with Crippen LogP contribution in [0.1, 0.15) is 37.3 Å². The molecule has 0 bridgehead atoms. The Morgan fingerprint density at radius 2 is 2.14 bits per heavy atom. The van der Waals surface area contributed by atoms with Gasteiger partial charge in [-0.1, -0.05) is 19.1 Å². The first-order valence-corrected chi connectivity index (χ1v) is 4.84. The largest absolute Gasteiger partial charge is 0.508 e. The molecule has 0 saturated carbocycles. The number of aromatic hydroxyl groups is 1. The van der Waals surface area contributed by atoms with Gasteiger partial charge in [-0.25, -0.2) is 0 Å². The second-order valence-electron chi connectivity index (χ2n) is 3.58. The molecule has 0 fully saturated rings. The van der Waals surface area contributed by atoms with Crippen molar-refractivity contribution in [3.63, 3.8) is 0 Å². The minimum absolute atomic E-state index is 0.363. The van der Waals surface area contributed by atoms with Gasteiger partial charge in [-0.2, -0.15) is 0 Å². The highest BCUT2D eigenvalue weighted by Gasteiger charge is 2.05. The Balaban J connectivity index is 2.83. The summed E-state index contributed by atoms with van der Waals surface area (Å²) in [6.07, 6.45) is 0.876. The van der Waals surface area contributed by atoms with Crippen LogP contribution in [0.2, 0.25) is 0 Å². The fourth-order valence-electron chi connectivity index (χ4n) is 1.36. The standard InChI is InChI=1S/C13H16O/c1-4-5-6-10(2)12-7-8-13(14)11(3)9-12/h7-10,14H,6H2,1-3H3. The molecule has 14 heavy (non-hydrogen) atoms. The van der Waals surface area contributed by atoms with Gasteiger partial charge >= 0.3 is 0 Å². The third-order valence-electron chi connectivity index (χ3n) is 2.37. The summed E-state index contributed by atoms with van der Waals surface area (Å²) in [5.41, 5.74) is 2.17. The van der Waals surface area contributed by atoms with Crippen molar-refractivity contribution in [3.8, 4) is 17.6 Å². The van der Waals surface area contributed by atoms with E-state index in [1.807, 2.05) is 26.0 Å². The van der Waals surface area contributed by atoms with Gasteiger partial charge in [0.05, 0.1) is 0 Å². The Morgan fingerprint density at radius 1 is 1.43 bits per heavy atom. The Hall–Kier alpha value is -1.42. The number of hydrogen-bond acceptors (Lipinski definition) is 1. The molecule has 0 aliphatic carbocycles. The molecule has 0 aliphatic heterocycles. The Morgan fingerprint density at radius 3 is 2.71 bits per heavy atom. The fourth-order valence-corrected chi connectivity index (χ4v) is 1.36. The molecule has 0 aliphatic rings. The van der Waals surface area contributed by atoms with Gasteiger partial charge in [0.15, 0.2) is 0 Å². The van der Waals surface area contributed by atoms with Crippen LogP contribution in [0.4, 0.5) is 0 Å². The van der Waals surface area contributed by atoms with Gasteiger partial charge in [0.1, 0.15) is 5.75 Å². The van der Waals surface area contributed by atoms with E-state index in [9.17, 15) is 5.11 Å². The van der Waals surface area contributed by atoms with E-state index in [4.69, 9.17) is 0 Å².